The summed E-state index contributed by atoms with van der Waals surface area (Å²) in [6, 6.07) is 8.74. The van der Waals surface area contributed by atoms with Crippen LogP contribution in [0.1, 0.15) is 12.8 Å². The molecule has 0 amide bonds. The van der Waals surface area contributed by atoms with Gasteiger partial charge in [0.25, 0.3) is 0 Å². The quantitative estimate of drug-likeness (QED) is 0.814. The van der Waals surface area contributed by atoms with E-state index in [9.17, 15) is 0 Å². The van der Waals surface area contributed by atoms with Gasteiger partial charge in [0, 0.05) is 24.3 Å². The van der Waals surface area contributed by atoms with Gasteiger partial charge in [0.2, 0.25) is 8.32 Å². The molecule has 2 rings (SSSR count). The Labute approximate surface area is 103 Å². The molecule has 88 valence electrons. The fourth-order valence-electron chi connectivity index (χ4n) is 1.79. The number of rotatable bonds is 5. The molecule has 16 heavy (non-hydrogen) atoms. The second-order valence-electron chi connectivity index (χ2n) is 4.57. The highest BCUT2D eigenvalue weighted by Crippen LogP contribution is 2.20. The summed E-state index contributed by atoms with van der Waals surface area (Å²) in [5, 5.41) is 5.57. The minimum Gasteiger partial charge on any atom is -0.414 e. The lowest BCUT2D eigenvalue weighted by Crippen LogP contribution is -2.56. The van der Waals surface area contributed by atoms with Crippen LogP contribution in [0.15, 0.2) is 24.3 Å². The van der Waals surface area contributed by atoms with Gasteiger partial charge in [-0.05, 0) is 30.6 Å². The maximum absolute atomic E-state index is 6.25. The predicted octanol–water partition coefficient (Wildman–Crippen LogP) is 2.06. The second-order valence-corrected chi connectivity index (χ2v) is 8.74. The van der Waals surface area contributed by atoms with E-state index < -0.39 is 8.32 Å². The number of hydrogen-bond acceptors (Lipinski definition) is 2. The Kier molecular flexibility index (Phi) is 3.69. The summed E-state index contributed by atoms with van der Waals surface area (Å²) in [7, 11) is -0.114. The van der Waals surface area contributed by atoms with Gasteiger partial charge in [0.15, 0.2) is 0 Å². The van der Waals surface area contributed by atoms with E-state index in [2.05, 4.69) is 17.9 Å². The van der Waals surface area contributed by atoms with E-state index in [0.29, 0.717) is 6.04 Å². The molecular formula is C12H18ClNOSi. The van der Waals surface area contributed by atoms with Gasteiger partial charge in [-0.15, -0.1) is 0 Å². The van der Waals surface area contributed by atoms with Gasteiger partial charge < -0.3 is 9.74 Å². The molecule has 0 saturated heterocycles. The molecule has 1 N–H and O–H groups in total. The number of halogens is 1. The van der Waals surface area contributed by atoms with Crippen molar-refractivity contribution in [2.24, 2.45) is 0 Å². The van der Waals surface area contributed by atoms with Crippen LogP contribution in [0, 0.1) is 0 Å². The van der Waals surface area contributed by atoms with Crippen molar-refractivity contribution in [1.82, 2.24) is 5.32 Å². The number of hydrogen-bond donors (Lipinski definition) is 1. The Morgan fingerprint density at radius 3 is 2.69 bits per heavy atom. The van der Waals surface area contributed by atoms with E-state index in [0.717, 1.165) is 11.2 Å². The molecule has 0 heterocycles. The SMILES string of the molecule is CO[Si](C)(CNC1CC1)c1ccccc1Cl. The molecule has 1 aliphatic rings. The lowest BCUT2D eigenvalue weighted by atomic mass is 10.4. The third-order valence-electron chi connectivity index (χ3n) is 3.20. The van der Waals surface area contributed by atoms with Crippen molar-refractivity contribution in [2.75, 3.05) is 13.3 Å². The summed E-state index contributed by atoms with van der Waals surface area (Å²) in [5.74, 6) is 0. The van der Waals surface area contributed by atoms with Crippen molar-refractivity contribution in [3.05, 3.63) is 29.3 Å². The first-order valence-corrected chi connectivity index (χ1v) is 8.68. The molecule has 2 nitrogen and oxygen atoms in total. The molecule has 1 aromatic rings. The van der Waals surface area contributed by atoms with Gasteiger partial charge in [-0.3, -0.25) is 0 Å². The molecule has 1 atom stereocenters. The van der Waals surface area contributed by atoms with E-state index in [4.69, 9.17) is 16.0 Å². The van der Waals surface area contributed by atoms with Crippen molar-refractivity contribution >= 4 is 25.1 Å². The van der Waals surface area contributed by atoms with E-state index in [-0.39, 0.29) is 0 Å². The van der Waals surface area contributed by atoms with Crippen LogP contribution in [0.3, 0.4) is 0 Å². The molecule has 0 bridgehead atoms. The second kappa shape index (κ2) is 4.88. The maximum Gasteiger partial charge on any atom is 0.235 e. The van der Waals surface area contributed by atoms with Gasteiger partial charge in [-0.25, -0.2) is 0 Å². The summed E-state index contributed by atoms with van der Waals surface area (Å²) in [4.78, 5) is 0. The lowest BCUT2D eigenvalue weighted by molar-refractivity contribution is 0.405. The topological polar surface area (TPSA) is 21.3 Å². The lowest BCUT2D eigenvalue weighted by Gasteiger charge is -2.27. The molecule has 4 heteroatoms. The average molecular weight is 256 g/mol. The van der Waals surface area contributed by atoms with Gasteiger partial charge in [0.05, 0.1) is 0 Å². The standard InChI is InChI=1S/C12H18ClNOSi/c1-15-16(2,9-14-10-7-8-10)12-6-4-3-5-11(12)13/h3-6,10,14H,7-9H2,1-2H3. The predicted molar refractivity (Wildman–Crippen MR) is 70.7 cm³/mol. The molecule has 1 aromatic carbocycles. The van der Waals surface area contributed by atoms with Crippen LogP contribution in [0.25, 0.3) is 0 Å². The first-order chi connectivity index (χ1) is 7.65. The molecule has 0 aromatic heterocycles. The van der Waals surface area contributed by atoms with E-state index in [1.807, 2.05) is 18.2 Å². The van der Waals surface area contributed by atoms with E-state index in [1.165, 1.54) is 18.0 Å². The van der Waals surface area contributed by atoms with Crippen LogP contribution in [0.5, 0.6) is 0 Å². The fraction of sp³-hybridized carbons (Fsp3) is 0.500. The normalized spacial score (nSPS) is 19.4. The van der Waals surface area contributed by atoms with E-state index >= 15 is 0 Å². The van der Waals surface area contributed by atoms with Gasteiger partial charge >= 0.3 is 0 Å². The third-order valence-corrected chi connectivity index (χ3v) is 7.04. The molecule has 1 fully saturated rings. The van der Waals surface area contributed by atoms with Crippen LogP contribution in [0.4, 0.5) is 0 Å². The van der Waals surface area contributed by atoms with Crippen molar-refractivity contribution < 1.29 is 4.43 Å². The smallest absolute Gasteiger partial charge is 0.235 e. The van der Waals surface area contributed by atoms with Crippen molar-refractivity contribution in [3.63, 3.8) is 0 Å². The van der Waals surface area contributed by atoms with E-state index in [1.54, 1.807) is 7.11 Å². The Bertz CT molecular complexity index is 370. The maximum atomic E-state index is 6.25. The van der Waals surface area contributed by atoms with Gasteiger partial charge in [-0.1, -0.05) is 29.8 Å². The van der Waals surface area contributed by atoms with Crippen molar-refractivity contribution in [2.45, 2.75) is 25.4 Å². The molecular weight excluding hydrogens is 238 g/mol. The first kappa shape index (κ1) is 12.1. The molecule has 1 saturated carbocycles. The third kappa shape index (κ3) is 2.66. The summed E-state index contributed by atoms with van der Waals surface area (Å²) in [5.41, 5.74) is 0. The summed E-state index contributed by atoms with van der Waals surface area (Å²) in [6.07, 6.45) is 3.55. The molecule has 0 spiro atoms. The van der Waals surface area contributed by atoms with Gasteiger partial charge in [-0.2, -0.15) is 0 Å². The minimum atomic E-state index is -1.91. The zero-order chi connectivity index (χ0) is 11.6. The highest BCUT2D eigenvalue weighted by Gasteiger charge is 2.34. The zero-order valence-electron chi connectivity index (χ0n) is 9.79. The van der Waals surface area contributed by atoms with Crippen LogP contribution < -0.4 is 10.5 Å². The summed E-state index contributed by atoms with van der Waals surface area (Å²) in [6.45, 7) is 2.21. The monoisotopic (exact) mass is 255 g/mol. The van der Waals surface area contributed by atoms with Crippen LogP contribution in [-0.4, -0.2) is 27.6 Å². The highest BCUT2D eigenvalue weighted by atomic mass is 35.5. The number of benzene rings is 1. The summed E-state index contributed by atoms with van der Waals surface area (Å²) >= 11 is 6.25. The van der Waals surface area contributed by atoms with Crippen molar-refractivity contribution in [1.29, 1.82) is 0 Å². The molecule has 0 radical (unpaired) electrons. The van der Waals surface area contributed by atoms with Crippen LogP contribution >= 0.6 is 11.6 Å². The first-order valence-electron chi connectivity index (χ1n) is 5.69. The fourth-order valence-corrected chi connectivity index (χ4v) is 4.80. The zero-order valence-corrected chi connectivity index (χ0v) is 11.6. The Hall–Kier alpha value is -0.353. The Morgan fingerprint density at radius 2 is 2.12 bits per heavy atom. The largest absolute Gasteiger partial charge is 0.414 e. The highest BCUT2D eigenvalue weighted by molar-refractivity contribution is 6.87. The minimum absolute atomic E-state index is 0.712. The number of nitrogens with one attached hydrogen (secondary N) is 1. The van der Waals surface area contributed by atoms with Crippen molar-refractivity contribution in [3.8, 4) is 0 Å². The average Bonchev–Trinajstić information content (AvgIpc) is 3.10. The summed E-state index contributed by atoms with van der Waals surface area (Å²) < 4.78 is 5.77. The molecule has 0 aliphatic heterocycles. The molecule has 1 unspecified atom stereocenters. The Balaban J connectivity index is 2.15. The van der Waals surface area contributed by atoms with Gasteiger partial charge in [0.1, 0.15) is 0 Å². The Morgan fingerprint density at radius 1 is 1.44 bits per heavy atom. The van der Waals surface area contributed by atoms with Crippen LogP contribution in [-0.2, 0) is 4.43 Å². The molecule has 1 aliphatic carbocycles. The van der Waals surface area contributed by atoms with Crippen LogP contribution in [0.2, 0.25) is 11.6 Å².